The molecule has 0 saturated heterocycles. The first-order valence-corrected chi connectivity index (χ1v) is 10.3. The van der Waals surface area contributed by atoms with Crippen molar-refractivity contribution in [3.63, 3.8) is 0 Å². The van der Waals surface area contributed by atoms with Crippen molar-refractivity contribution in [2.75, 3.05) is 31.5 Å². The summed E-state index contributed by atoms with van der Waals surface area (Å²) in [6.07, 6.45) is 5.48. The number of thioether (sulfide) groups is 1. The molecule has 22 heavy (non-hydrogen) atoms. The highest BCUT2D eigenvalue weighted by atomic mass is 32.2. The molecule has 0 aliphatic carbocycles. The van der Waals surface area contributed by atoms with E-state index in [1.165, 1.54) is 6.26 Å². The minimum absolute atomic E-state index is 0.0803. The van der Waals surface area contributed by atoms with Crippen molar-refractivity contribution < 1.29 is 17.9 Å². The molecule has 0 saturated carbocycles. The fourth-order valence-corrected chi connectivity index (χ4v) is 4.88. The number of rotatable bonds is 7. The molecule has 0 fully saturated rings. The number of benzene rings is 1. The number of sulfone groups is 1. The average Bonchev–Trinajstić information content (AvgIpc) is 2.98. The fraction of sp³-hybridized carbons (Fsp3) is 0.500. The summed E-state index contributed by atoms with van der Waals surface area (Å²) in [6.45, 7) is 2.48. The molecule has 1 aliphatic heterocycles. The second-order valence-electron chi connectivity index (χ2n) is 5.27. The smallest absolute Gasteiger partial charge is 0.161 e. The van der Waals surface area contributed by atoms with Gasteiger partial charge in [-0.1, -0.05) is 18.2 Å². The van der Waals surface area contributed by atoms with Gasteiger partial charge >= 0.3 is 0 Å². The Morgan fingerprint density at radius 3 is 2.68 bits per heavy atom. The van der Waals surface area contributed by atoms with Crippen LogP contribution in [0.3, 0.4) is 0 Å². The first kappa shape index (κ1) is 17.2. The van der Waals surface area contributed by atoms with Gasteiger partial charge in [0.05, 0.1) is 19.5 Å². The molecule has 1 aliphatic rings. The molecule has 1 aromatic carbocycles. The lowest BCUT2D eigenvalue weighted by Crippen LogP contribution is -2.21. The number of ether oxygens (including phenoxy) is 2. The van der Waals surface area contributed by atoms with Crippen LogP contribution >= 0.6 is 11.8 Å². The van der Waals surface area contributed by atoms with Crippen LogP contribution in [-0.2, 0) is 9.84 Å². The van der Waals surface area contributed by atoms with Gasteiger partial charge in [0.25, 0.3) is 0 Å². The van der Waals surface area contributed by atoms with E-state index in [0.29, 0.717) is 18.1 Å². The van der Waals surface area contributed by atoms with Gasteiger partial charge in [-0.05, 0) is 24.6 Å². The third kappa shape index (κ3) is 4.43. The van der Waals surface area contributed by atoms with Gasteiger partial charge in [-0.3, -0.25) is 0 Å². The number of hydrogen-bond donors (Lipinski definition) is 0. The molecular weight excluding hydrogens is 320 g/mol. The van der Waals surface area contributed by atoms with Gasteiger partial charge in [0.15, 0.2) is 11.5 Å². The van der Waals surface area contributed by atoms with Crippen LogP contribution in [0.4, 0.5) is 0 Å². The second kappa shape index (κ2) is 7.42. The predicted molar refractivity (Wildman–Crippen MR) is 92.0 cm³/mol. The first-order valence-electron chi connectivity index (χ1n) is 7.21. The SMILES string of the molecule is CCOc1ccc(C(CS(C)(=O)=O)[C@@H]2C=CCS2)cc1OC. The molecule has 0 amide bonds. The van der Waals surface area contributed by atoms with E-state index in [9.17, 15) is 8.42 Å². The predicted octanol–water partition coefficient (Wildman–Crippen LogP) is 2.89. The van der Waals surface area contributed by atoms with E-state index in [1.807, 2.05) is 25.1 Å². The van der Waals surface area contributed by atoms with Crippen LogP contribution in [0, 0.1) is 0 Å². The van der Waals surface area contributed by atoms with E-state index in [-0.39, 0.29) is 16.9 Å². The quantitative estimate of drug-likeness (QED) is 0.713. The van der Waals surface area contributed by atoms with Gasteiger partial charge in [0.1, 0.15) is 9.84 Å². The molecule has 1 aromatic rings. The molecule has 0 bridgehead atoms. The zero-order valence-corrected chi connectivity index (χ0v) is 14.7. The Bertz CT molecular complexity index is 638. The van der Waals surface area contributed by atoms with Crippen molar-refractivity contribution >= 4 is 21.6 Å². The molecule has 4 nitrogen and oxygen atoms in total. The molecule has 0 N–H and O–H groups in total. The van der Waals surface area contributed by atoms with Crippen molar-refractivity contribution in [1.29, 1.82) is 0 Å². The molecule has 2 rings (SSSR count). The normalized spacial score (nSPS) is 19.1. The fourth-order valence-electron chi connectivity index (χ4n) is 2.56. The molecule has 1 unspecified atom stereocenters. The molecule has 2 atom stereocenters. The molecule has 0 radical (unpaired) electrons. The molecule has 0 aromatic heterocycles. The van der Waals surface area contributed by atoms with E-state index in [0.717, 1.165) is 11.3 Å². The lowest BCUT2D eigenvalue weighted by atomic mass is 9.96. The van der Waals surface area contributed by atoms with E-state index < -0.39 is 9.84 Å². The maximum atomic E-state index is 11.8. The van der Waals surface area contributed by atoms with Crippen LogP contribution in [0.2, 0.25) is 0 Å². The molecule has 0 spiro atoms. The number of hydrogen-bond acceptors (Lipinski definition) is 5. The zero-order valence-electron chi connectivity index (χ0n) is 13.1. The first-order chi connectivity index (χ1) is 10.4. The Balaban J connectivity index is 2.36. The van der Waals surface area contributed by atoms with Crippen LogP contribution in [-0.4, -0.2) is 45.1 Å². The van der Waals surface area contributed by atoms with Crippen molar-refractivity contribution in [3.05, 3.63) is 35.9 Å². The number of methoxy groups -OCH3 is 1. The van der Waals surface area contributed by atoms with Crippen LogP contribution in [0.25, 0.3) is 0 Å². The summed E-state index contributed by atoms with van der Waals surface area (Å²) >= 11 is 1.77. The van der Waals surface area contributed by atoms with Gasteiger partial charge < -0.3 is 9.47 Å². The molecule has 6 heteroatoms. The Hall–Kier alpha value is -1.14. The minimum Gasteiger partial charge on any atom is -0.493 e. The average molecular weight is 342 g/mol. The largest absolute Gasteiger partial charge is 0.493 e. The Kier molecular flexibility index (Phi) is 5.81. The Morgan fingerprint density at radius 1 is 1.36 bits per heavy atom. The maximum Gasteiger partial charge on any atom is 0.161 e. The lowest BCUT2D eigenvalue weighted by molar-refractivity contribution is 0.310. The minimum atomic E-state index is -3.07. The van der Waals surface area contributed by atoms with Gasteiger partial charge in [-0.2, -0.15) is 0 Å². The van der Waals surface area contributed by atoms with Crippen LogP contribution < -0.4 is 9.47 Å². The monoisotopic (exact) mass is 342 g/mol. The van der Waals surface area contributed by atoms with Crippen molar-refractivity contribution in [2.45, 2.75) is 18.1 Å². The van der Waals surface area contributed by atoms with Gasteiger partial charge in [-0.15, -0.1) is 11.8 Å². The van der Waals surface area contributed by atoms with E-state index in [2.05, 4.69) is 12.2 Å². The second-order valence-corrected chi connectivity index (χ2v) is 8.66. The summed E-state index contributed by atoms with van der Waals surface area (Å²) < 4.78 is 34.5. The van der Waals surface area contributed by atoms with Gasteiger partial charge in [-0.25, -0.2) is 8.42 Å². The highest BCUT2D eigenvalue weighted by Crippen LogP contribution is 2.38. The van der Waals surface area contributed by atoms with Crippen LogP contribution in [0.5, 0.6) is 11.5 Å². The zero-order chi connectivity index (χ0) is 16.2. The third-order valence-corrected chi connectivity index (χ3v) is 5.73. The summed E-state index contributed by atoms with van der Waals surface area (Å²) in [4.78, 5) is 0. The van der Waals surface area contributed by atoms with E-state index >= 15 is 0 Å². The highest BCUT2D eigenvalue weighted by molar-refractivity contribution is 8.00. The molecule has 1 heterocycles. The lowest BCUT2D eigenvalue weighted by Gasteiger charge is -2.23. The summed E-state index contributed by atoms with van der Waals surface area (Å²) in [6, 6.07) is 5.69. The standard InChI is InChI=1S/C16H22O4S2/c1-4-20-14-8-7-12(10-15(14)19-2)13(11-22(3,17)18)16-6-5-9-21-16/h5-8,10,13,16H,4,9,11H2,1-3H3/t13?,16-/m0/s1. The summed E-state index contributed by atoms with van der Waals surface area (Å²) in [5, 5.41) is 0.178. The van der Waals surface area contributed by atoms with Crippen LogP contribution in [0.1, 0.15) is 18.4 Å². The molecular formula is C16H22O4S2. The third-order valence-electron chi connectivity index (χ3n) is 3.51. The van der Waals surface area contributed by atoms with Gasteiger partial charge in [0.2, 0.25) is 0 Å². The highest BCUT2D eigenvalue weighted by Gasteiger charge is 2.28. The topological polar surface area (TPSA) is 52.6 Å². The van der Waals surface area contributed by atoms with Gasteiger partial charge in [0, 0.05) is 23.2 Å². The Labute approximate surface area is 136 Å². The van der Waals surface area contributed by atoms with Crippen molar-refractivity contribution in [3.8, 4) is 11.5 Å². The summed E-state index contributed by atoms with van der Waals surface area (Å²) in [5.41, 5.74) is 0.967. The van der Waals surface area contributed by atoms with Crippen molar-refractivity contribution in [1.82, 2.24) is 0 Å². The molecule has 122 valence electrons. The summed E-state index contributed by atoms with van der Waals surface area (Å²) in [7, 11) is -1.47. The van der Waals surface area contributed by atoms with Crippen LogP contribution in [0.15, 0.2) is 30.4 Å². The van der Waals surface area contributed by atoms with Crippen molar-refractivity contribution in [2.24, 2.45) is 0 Å². The van der Waals surface area contributed by atoms with E-state index in [1.54, 1.807) is 18.9 Å². The summed E-state index contributed by atoms with van der Waals surface area (Å²) in [5.74, 6) is 2.31. The van der Waals surface area contributed by atoms with E-state index in [4.69, 9.17) is 9.47 Å². The maximum absolute atomic E-state index is 11.8. The Morgan fingerprint density at radius 2 is 2.14 bits per heavy atom.